The molecule has 0 unspecified atom stereocenters. The van der Waals surface area contributed by atoms with Gasteiger partial charge < -0.3 is 9.13 Å². The third-order valence-electron chi connectivity index (χ3n) is 22.1. The second kappa shape index (κ2) is 28.9. The van der Waals surface area contributed by atoms with E-state index in [1.54, 1.807) is 0 Å². The maximum absolute atomic E-state index is 8.30. The molecule has 12 nitrogen and oxygen atoms in total. The summed E-state index contributed by atoms with van der Waals surface area (Å²) < 4.78 is 4.81. The number of aromatic nitrogens is 11. The molecule has 116 heavy (non-hydrogen) atoms. The van der Waals surface area contributed by atoms with Crippen molar-refractivity contribution in [2.75, 3.05) is 0 Å². The molecular formula is C104H86N12. The quantitative estimate of drug-likeness (QED) is 0.104. The minimum Gasteiger partial charge on any atom is -0.309 e. The Hall–Kier alpha value is -14.0. The Balaban J connectivity index is 0.927. The molecule has 0 saturated heterocycles. The van der Waals surface area contributed by atoms with Crippen LogP contribution < -0.4 is 0 Å². The Morgan fingerprint density at radius 2 is 0.483 bits per heavy atom. The van der Waals surface area contributed by atoms with E-state index in [9.17, 15) is 0 Å². The Morgan fingerprint density at radius 3 is 0.828 bits per heavy atom. The van der Waals surface area contributed by atoms with Crippen molar-refractivity contribution in [2.45, 2.75) is 105 Å². The van der Waals surface area contributed by atoms with Crippen LogP contribution in [0.25, 0.3) is 185 Å². The van der Waals surface area contributed by atoms with E-state index in [0.717, 1.165) is 127 Å². The lowest BCUT2D eigenvalue weighted by atomic mass is 9.79. The van der Waals surface area contributed by atoms with Crippen molar-refractivity contribution in [1.29, 1.82) is 0 Å². The summed E-state index contributed by atoms with van der Waals surface area (Å²) in [5.74, 6) is 5.11. The van der Waals surface area contributed by atoms with Crippen molar-refractivity contribution in [2.24, 2.45) is 0 Å². The van der Waals surface area contributed by atoms with Gasteiger partial charge in [-0.15, -0.1) is 0 Å². The van der Waals surface area contributed by atoms with E-state index in [2.05, 4.69) is 261 Å². The highest BCUT2D eigenvalue weighted by Crippen LogP contribution is 2.47. The molecule has 13 aromatic carbocycles. The summed E-state index contributed by atoms with van der Waals surface area (Å²) in [7, 11) is 0. The van der Waals surface area contributed by atoms with E-state index in [1.165, 1.54) is 22.3 Å². The minimum absolute atomic E-state index is 0.198. The van der Waals surface area contributed by atoms with Gasteiger partial charge in [0.05, 0.1) is 40.0 Å². The van der Waals surface area contributed by atoms with Crippen LogP contribution in [0.1, 0.15) is 105 Å². The lowest BCUT2D eigenvalue weighted by molar-refractivity contribution is 0.568. The van der Waals surface area contributed by atoms with E-state index in [4.69, 9.17) is 51.4 Å². The fourth-order valence-corrected chi connectivity index (χ4v) is 15.6. The van der Waals surface area contributed by atoms with Crippen molar-refractivity contribution in [3.63, 3.8) is 0 Å². The predicted molar refractivity (Wildman–Crippen MR) is 476 cm³/mol. The van der Waals surface area contributed by atoms with Crippen molar-refractivity contribution in [3.8, 4) is 136 Å². The first-order valence-electron chi connectivity index (χ1n) is 39.6. The third-order valence-corrected chi connectivity index (χ3v) is 22.1. The van der Waals surface area contributed by atoms with Crippen LogP contribution in [0.15, 0.2) is 303 Å². The molecule has 0 bridgehead atoms. The summed E-state index contributed by atoms with van der Waals surface area (Å²) in [5.41, 5.74) is 21.7. The molecule has 0 spiro atoms. The molecule has 18 rings (SSSR count). The van der Waals surface area contributed by atoms with Crippen LogP contribution in [-0.4, -0.2) is 54.0 Å². The molecular weight excluding hydrogens is 1420 g/mol. The van der Waals surface area contributed by atoms with Crippen LogP contribution in [0.3, 0.4) is 0 Å². The molecule has 0 amide bonds. The molecule has 0 aliphatic carbocycles. The van der Waals surface area contributed by atoms with Gasteiger partial charge in [0.15, 0.2) is 58.1 Å². The number of fused-ring (bicyclic) bond motifs is 6. The smallest absolute Gasteiger partial charge is 0.187 e. The zero-order valence-corrected chi connectivity index (χ0v) is 67.2. The SMILES string of the molecule is [C-]#[N+]c1cccc(-c2ccc(-n3c4ccccc4c4cc(-c5nc(-c6ccccc6)nc(-c6ccccc6)n5)ccc43)c(-c3cc(-c4nc(-c5cc(C(C)(C)C)cc(C(C)(C)C)c5)nc(-c5cc(C(C)(C)C)cc(C(C)(C)C)c5)n4)ccc3-n3c4ccccc4c4cc(-c5nc(-c6ccccc6)nc(-c6ccccc6)n5)ccc43)c2)c1. The van der Waals surface area contributed by atoms with Crippen molar-refractivity contribution in [3.05, 3.63) is 337 Å². The molecule has 0 radical (unpaired) electrons. The second-order valence-corrected chi connectivity index (χ2v) is 34.3. The summed E-state index contributed by atoms with van der Waals surface area (Å²) in [5, 5.41) is 4.11. The van der Waals surface area contributed by atoms with Crippen LogP contribution >= 0.6 is 0 Å². The van der Waals surface area contributed by atoms with Crippen LogP contribution in [0.4, 0.5) is 5.69 Å². The van der Waals surface area contributed by atoms with E-state index in [1.807, 2.05) is 140 Å². The summed E-state index contributed by atoms with van der Waals surface area (Å²) in [6.45, 7) is 35.6. The third kappa shape index (κ3) is 14.1. The standard InChI is InChI=1S/C104H86N12/c1-101(2,3)75-53-73(54-76(62-75)102(4,5)6)99-112-98(113-100(114-99)74-55-77(103(7,8)9)63-78(56-74)104(10,11)12)72-48-52-91(116-87-44-29-27-42-81(87)83-60-71(47-51-89(83)116)97-110-94(66-35-22-16-23-36-66)107-95(111-97)67-37-24-17-25-38-67)85(61-72)84-58-69(68-39-30-40-79(57-68)105-13)45-49-90(84)115-86-43-28-26-41-80(86)82-59-70(46-50-88(82)115)96-108-92(64-31-18-14-19-32-64)106-93(109-96)65-33-20-15-21-34-65/h14-63H,1-12H3. The highest BCUT2D eigenvalue weighted by atomic mass is 15.1. The first-order valence-corrected chi connectivity index (χ1v) is 39.6. The van der Waals surface area contributed by atoms with E-state index in [0.29, 0.717) is 58.1 Å². The average molecular weight is 1500 g/mol. The van der Waals surface area contributed by atoms with Crippen molar-refractivity contribution >= 4 is 49.3 Å². The number of hydrogen-bond acceptors (Lipinski definition) is 9. The van der Waals surface area contributed by atoms with Gasteiger partial charge >= 0.3 is 0 Å². The summed E-state index contributed by atoms with van der Waals surface area (Å²) in [6.07, 6.45) is 0. The van der Waals surface area contributed by atoms with E-state index in [-0.39, 0.29) is 21.7 Å². The first-order chi connectivity index (χ1) is 55.9. The Bertz CT molecular complexity index is 6650. The van der Waals surface area contributed by atoms with Crippen LogP contribution in [0.5, 0.6) is 0 Å². The molecule has 0 aliphatic rings. The minimum atomic E-state index is -0.198. The lowest BCUT2D eigenvalue weighted by Crippen LogP contribution is -2.17. The van der Waals surface area contributed by atoms with E-state index >= 15 is 0 Å². The van der Waals surface area contributed by atoms with Gasteiger partial charge in [0.25, 0.3) is 0 Å². The number of rotatable bonds is 13. The molecule has 0 N–H and O–H groups in total. The molecule has 5 aromatic heterocycles. The topological polar surface area (TPSA) is 130 Å². The largest absolute Gasteiger partial charge is 0.309 e. The zero-order valence-electron chi connectivity index (χ0n) is 67.2. The van der Waals surface area contributed by atoms with Gasteiger partial charge in [0, 0.05) is 82.7 Å². The molecule has 0 saturated carbocycles. The van der Waals surface area contributed by atoms with Gasteiger partial charge in [-0.3, -0.25) is 0 Å². The predicted octanol–water partition coefficient (Wildman–Crippen LogP) is 26.5. The van der Waals surface area contributed by atoms with Gasteiger partial charge in [0.2, 0.25) is 0 Å². The van der Waals surface area contributed by atoms with Crippen LogP contribution in [0, 0.1) is 6.57 Å². The summed E-state index contributed by atoms with van der Waals surface area (Å²) in [6, 6.07) is 106. The molecule has 12 heteroatoms. The number of hydrogen-bond donors (Lipinski definition) is 0. The highest BCUT2D eigenvalue weighted by Gasteiger charge is 2.29. The van der Waals surface area contributed by atoms with Gasteiger partial charge in [-0.1, -0.05) is 277 Å². The molecule has 5 heterocycles. The summed E-state index contributed by atoms with van der Waals surface area (Å²) in [4.78, 5) is 52.2. The Morgan fingerprint density at radius 1 is 0.216 bits per heavy atom. The molecule has 562 valence electrons. The van der Waals surface area contributed by atoms with E-state index < -0.39 is 0 Å². The Kier molecular flexibility index (Phi) is 18.3. The summed E-state index contributed by atoms with van der Waals surface area (Å²) >= 11 is 0. The van der Waals surface area contributed by atoms with Crippen molar-refractivity contribution in [1.82, 2.24) is 54.0 Å². The number of benzene rings is 13. The molecule has 0 atom stereocenters. The fourth-order valence-electron chi connectivity index (χ4n) is 15.6. The van der Waals surface area contributed by atoms with Crippen molar-refractivity contribution < 1.29 is 0 Å². The van der Waals surface area contributed by atoms with Gasteiger partial charge in [-0.2, -0.15) is 0 Å². The van der Waals surface area contributed by atoms with Gasteiger partial charge in [0.1, 0.15) is 0 Å². The van der Waals surface area contributed by atoms with Crippen LogP contribution in [-0.2, 0) is 21.7 Å². The molecule has 18 aromatic rings. The average Bonchev–Trinajstić information content (AvgIpc) is 1.65. The number of para-hydroxylation sites is 2. The van der Waals surface area contributed by atoms with Gasteiger partial charge in [-0.25, -0.2) is 49.7 Å². The molecule has 0 fully saturated rings. The normalized spacial score (nSPS) is 12.1. The maximum Gasteiger partial charge on any atom is 0.187 e. The molecule has 0 aliphatic heterocycles. The Labute approximate surface area is 677 Å². The monoisotopic (exact) mass is 1500 g/mol. The number of nitrogens with zero attached hydrogens (tertiary/aromatic N) is 12. The van der Waals surface area contributed by atoms with Crippen LogP contribution in [0.2, 0.25) is 0 Å². The zero-order chi connectivity index (χ0) is 79.9. The first kappa shape index (κ1) is 73.5. The highest BCUT2D eigenvalue weighted by molar-refractivity contribution is 6.13. The second-order valence-electron chi connectivity index (χ2n) is 34.3. The fraction of sp³-hybridized carbons (Fsp3) is 0.154. The van der Waals surface area contributed by atoms with Gasteiger partial charge in [-0.05, 0) is 164 Å². The maximum atomic E-state index is 8.30. The lowest BCUT2D eigenvalue weighted by Gasteiger charge is -2.26.